The summed E-state index contributed by atoms with van der Waals surface area (Å²) in [5, 5.41) is 3.16. The van der Waals surface area contributed by atoms with Crippen LogP contribution in [-0.4, -0.2) is 16.4 Å². The molecule has 0 heterocycles. The molecule has 0 aromatic rings. The van der Waals surface area contributed by atoms with Crippen molar-refractivity contribution in [1.29, 1.82) is 0 Å². The molecule has 4 heteroatoms. The number of rotatable bonds is 5. The van der Waals surface area contributed by atoms with Crippen molar-refractivity contribution in [1.82, 2.24) is 5.32 Å². The van der Waals surface area contributed by atoms with Crippen molar-refractivity contribution in [3.05, 3.63) is 0 Å². The van der Waals surface area contributed by atoms with Crippen LogP contribution in [0.2, 0.25) is 0 Å². The standard InChI is InChI=1S/C13H24N2OS/c1-3-7-10(11(14)17)12(16)15-13(2)8-5-4-6-9-13/h10H,3-9H2,1-2H3,(H2,14,17)(H,15,16). The first-order valence-corrected chi connectivity index (χ1v) is 7.00. The van der Waals surface area contributed by atoms with Crippen LogP contribution in [-0.2, 0) is 4.79 Å². The Hall–Kier alpha value is -0.640. The Labute approximate surface area is 110 Å². The number of nitrogens with two attached hydrogens (primary N) is 1. The van der Waals surface area contributed by atoms with Gasteiger partial charge in [0.1, 0.15) is 0 Å². The average molecular weight is 256 g/mol. The molecule has 1 fully saturated rings. The summed E-state index contributed by atoms with van der Waals surface area (Å²) in [6, 6.07) is 0. The van der Waals surface area contributed by atoms with Crippen LogP contribution in [0, 0.1) is 5.92 Å². The lowest BCUT2D eigenvalue weighted by Gasteiger charge is -2.35. The van der Waals surface area contributed by atoms with Crippen LogP contribution in [0.25, 0.3) is 0 Å². The van der Waals surface area contributed by atoms with Gasteiger partial charge in [0.15, 0.2) is 0 Å². The molecule has 1 aliphatic rings. The maximum atomic E-state index is 12.2. The lowest BCUT2D eigenvalue weighted by molar-refractivity contribution is -0.125. The van der Waals surface area contributed by atoms with E-state index in [0.717, 1.165) is 25.7 Å². The molecule has 1 saturated carbocycles. The molecule has 17 heavy (non-hydrogen) atoms. The van der Waals surface area contributed by atoms with E-state index >= 15 is 0 Å². The highest BCUT2D eigenvalue weighted by Gasteiger charge is 2.31. The molecular formula is C13H24N2OS. The molecule has 98 valence electrons. The summed E-state index contributed by atoms with van der Waals surface area (Å²) in [7, 11) is 0. The van der Waals surface area contributed by atoms with Gasteiger partial charge in [-0.1, -0.05) is 44.8 Å². The minimum atomic E-state index is -0.297. The van der Waals surface area contributed by atoms with Crippen LogP contribution in [0.4, 0.5) is 0 Å². The quantitative estimate of drug-likeness (QED) is 0.743. The van der Waals surface area contributed by atoms with Gasteiger partial charge in [0.05, 0.1) is 10.9 Å². The summed E-state index contributed by atoms with van der Waals surface area (Å²) in [6.45, 7) is 4.17. The Balaban J connectivity index is 2.59. The van der Waals surface area contributed by atoms with E-state index in [9.17, 15) is 4.79 Å². The van der Waals surface area contributed by atoms with Gasteiger partial charge >= 0.3 is 0 Å². The Morgan fingerprint density at radius 1 is 1.41 bits per heavy atom. The van der Waals surface area contributed by atoms with Gasteiger partial charge in [0.25, 0.3) is 0 Å². The van der Waals surface area contributed by atoms with E-state index in [4.69, 9.17) is 18.0 Å². The largest absolute Gasteiger partial charge is 0.393 e. The zero-order chi connectivity index (χ0) is 12.9. The zero-order valence-corrected chi connectivity index (χ0v) is 11.7. The zero-order valence-electron chi connectivity index (χ0n) is 10.9. The maximum Gasteiger partial charge on any atom is 0.230 e. The molecule has 1 amide bonds. The van der Waals surface area contributed by atoms with Crippen molar-refractivity contribution in [3.8, 4) is 0 Å². The first-order chi connectivity index (χ1) is 7.98. The van der Waals surface area contributed by atoms with Gasteiger partial charge in [-0.15, -0.1) is 0 Å². The lowest BCUT2D eigenvalue weighted by atomic mass is 9.83. The second-order valence-corrected chi connectivity index (χ2v) is 5.83. The highest BCUT2D eigenvalue weighted by atomic mass is 32.1. The summed E-state index contributed by atoms with van der Waals surface area (Å²) >= 11 is 4.98. The predicted molar refractivity (Wildman–Crippen MR) is 74.8 cm³/mol. The molecule has 1 unspecified atom stereocenters. The molecule has 0 radical (unpaired) electrons. The van der Waals surface area contributed by atoms with Crippen molar-refractivity contribution in [2.45, 2.75) is 64.3 Å². The van der Waals surface area contributed by atoms with Crippen molar-refractivity contribution in [2.75, 3.05) is 0 Å². The first-order valence-electron chi connectivity index (χ1n) is 6.60. The number of nitrogens with one attached hydrogen (secondary N) is 1. The van der Waals surface area contributed by atoms with E-state index in [1.54, 1.807) is 0 Å². The van der Waals surface area contributed by atoms with Crippen molar-refractivity contribution >= 4 is 23.1 Å². The number of hydrogen-bond acceptors (Lipinski definition) is 2. The van der Waals surface area contributed by atoms with Crippen LogP contribution >= 0.6 is 12.2 Å². The molecule has 3 N–H and O–H groups in total. The van der Waals surface area contributed by atoms with Gasteiger partial charge in [0.2, 0.25) is 5.91 Å². The fraction of sp³-hybridized carbons (Fsp3) is 0.846. The molecule has 0 saturated heterocycles. The molecular weight excluding hydrogens is 232 g/mol. The van der Waals surface area contributed by atoms with Gasteiger partial charge in [-0.2, -0.15) is 0 Å². The van der Waals surface area contributed by atoms with Crippen LogP contribution in [0.15, 0.2) is 0 Å². The van der Waals surface area contributed by atoms with Crippen molar-refractivity contribution < 1.29 is 4.79 Å². The number of thiocarbonyl (C=S) groups is 1. The minimum Gasteiger partial charge on any atom is -0.393 e. The van der Waals surface area contributed by atoms with E-state index in [0.29, 0.717) is 4.99 Å². The molecule has 0 aliphatic heterocycles. The lowest BCUT2D eigenvalue weighted by Crippen LogP contribution is -2.51. The predicted octanol–water partition coefficient (Wildman–Crippen LogP) is 2.53. The highest BCUT2D eigenvalue weighted by Crippen LogP contribution is 2.28. The highest BCUT2D eigenvalue weighted by molar-refractivity contribution is 7.80. The summed E-state index contributed by atoms with van der Waals surface area (Å²) in [6.07, 6.45) is 7.47. The number of amides is 1. The van der Waals surface area contributed by atoms with Gasteiger partial charge in [-0.05, 0) is 26.2 Å². The summed E-state index contributed by atoms with van der Waals surface area (Å²) in [4.78, 5) is 12.5. The Kier molecular flexibility index (Phi) is 5.37. The smallest absolute Gasteiger partial charge is 0.230 e. The van der Waals surface area contributed by atoms with Gasteiger partial charge in [0, 0.05) is 5.54 Å². The summed E-state index contributed by atoms with van der Waals surface area (Å²) in [5.41, 5.74) is 5.59. The molecule has 0 aromatic heterocycles. The van der Waals surface area contributed by atoms with E-state index < -0.39 is 0 Å². The number of hydrogen-bond donors (Lipinski definition) is 2. The fourth-order valence-corrected chi connectivity index (χ4v) is 2.76. The summed E-state index contributed by atoms with van der Waals surface area (Å²) < 4.78 is 0. The molecule has 0 spiro atoms. The molecule has 3 nitrogen and oxygen atoms in total. The monoisotopic (exact) mass is 256 g/mol. The van der Waals surface area contributed by atoms with Crippen LogP contribution in [0.3, 0.4) is 0 Å². The van der Waals surface area contributed by atoms with E-state index in [2.05, 4.69) is 12.2 Å². The SMILES string of the molecule is CCCC(C(=O)NC1(C)CCCCC1)C(N)=S. The van der Waals surface area contributed by atoms with Crippen LogP contribution in [0.5, 0.6) is 0 Å². The number of carbonyl (C=O) groups excluding carboxylic acids is 1. The molecule has 1 atom stereocenters. The second-order valence-electron chi connectivity index (χ2n) is 5.35. The molecule has 1 aliphatic carbocycles. The van der Waals surface area contributed by atoms with Gasteiger partial charge < -0.3 is 11.1 Å². The molecule has 1 rings (SSSR count). The number of carbonyl (C=O) groups is 1. The third-order valence-corrected chi connectivity index (χ3v) is 3.90. The summed E-state index contributed by atoms with van der Waals surface area (Å²) in [5.74, 6) is -0.280. The van der Waals surface area contributed by atoms with E-state index in [1.807, 2.05) is 6.92 Å². The minimum absolute atomic E-state index is 0.0174. The maximum absolute atomic E-state index is 12.2. The van der Waals surface area contributed by atoms with Crippen molar-refractivity contribution in [2.24, 2.45) is 11.7 Å². The molecule has 0 bridgehead atoms. The second kappa shape index (κ2) is 6.34. The van der Waals surface area contributed by atoms with Gasteiger partial charge in [-0.3, -0.25) is 4.79 Å². The average Bonchev–Trinajstić information content (AvgIpc) is 2.25. The normalized spacial score (nSPS) is 20.6. The van der Waals surface area contributed by atoms with Crippen LogP contribution in [0.1, 0.15) is 58.8 Å². The van der Waals surface area contributed by atoms with E-state index in [-0.39, 0.29) is 17.4 Å². The fourth-order valence-electron chi connectivity index (χ4n) is 2.53. The molecule has 0 aromatic carbocycles. The van der Waals surface area contributed by atoms with Gasteiger partial charge in [-0.25, -0.2) is 0 Å². The Morgan fingerprint density at radius 2 is 2.00 bits per heavy atom. The third-order valence-electron chi connectivity index (χ3n) is 3.62. The third kappa shape index (κ3) is 4.26. The first kappa shape index (κ1) is 14.4. The topological polar surface area (TPSA) is 55.1 Å². The Bertz CT molecular complexity index is 285. The Morgan fingerprint density at radius 3 is 2.47 bits per heavy atom. The van der Waals surface area contributed by atoms with E-state index in [1.165, 1.54) is 19.3 Å². The van der Waals surface area contributed by atoms with Crippen molar-refractivity contribution in [3.63, 3.8) is 0 Å². The van der Waals surface area contributed by atoms with Crippen LogP contribution < -0.4 is 11.1 Å².